The van der Waals surface area contributed by atoms with Gasteiger partial charge < -0.3 is 9.05 Å². The molecular formula is C18H22N6O2. The molecule has 1 atom stereocenters. The molecule has 0 aliphatic carbocycles. The molecular weight excluding hydrogens is 332 g/mol. The Hall–Kier alpha value is -2.58. The fraction of sp³-hybridized carbons (Fsp3) is 0.444. The third-order valence-electron chi connectivity index (χ3n) is 4.71. The molecule has 0 bridgehead atoms. The number of hydrogen-bond acceptors (Lipinski definition) is 8. The van der Waals surface area contributed by atoms with E-state index in [-0.39, 0.29) is 6.04 Å². The monoisotopic (exact) mass is 354 g/mol. The fourth-order valence-corrected chi connectivity index (χ4v) is 3.17. The van der Waals surface area contributed by atoms with Gasteiger partial charge in [-0.2, -0.15) is 9.97 Å². The van der Waals surface area contributed by atoms with Crippen LogP contribution >= 0.6 is 0 Å². The highest BCUT2D eigenvalue weighted by molar-refractivity contribution is 5.53. The van der Waals surface area contributed by atoms with E-state index in [0.717, 1.165) is 31.7 Å². The average molecular weight is 354 g/mol. The Kier molecular flexibility index (Phi) is 4.77. The Labute approximate surface area is 151 Å². The number of aromatic nitrogens is 4. The third kappa shape index (κ3) is 3.66. The highest BCUT2D eigenvalue weighted by atomic mass is 16.5. The van der Waals surface area contributed by atoms with E-state index >= 15 is 0 Å². The maximum Gasteiger partial charge on any atom is 0.244 e. The van der Waals surface area contributed by atoms with Crippen molar-refractivity contribution in [3.63, 3.8) is 0 Å². The molecule has 3 aromatic rings. The van der Waals surface area contributed by atoms with E-state index in [2.05, 4.69) is 37.0 Å². The molecule has 4 rings (SSSR count). The fourth-order valence-electron chi connectivity index (χ4n) is 3.17. The SMILES string of the molecule is Cc1noc(CN2CCN(C(C)c3nc(-c4ccccc4)no3)CC2)n1. The summed E-state index contributed by atoms with van der Waals surface area (Å²) in [5, 5.41) is 7.97. The maximum atomic E-state index is 5.51. The van der Waals surface area contributed by atoms with Gasteiger partial charge in [-0.05, 0) is 13.8 Å². The van der Waals surface area contributed by atoms with Crippen LogP contribution in [0.5, 0.6) is 0 Å². The van der Waals surface area contributed by atoms with Crippen molar-refractivity contribution in [3.8, 4) is 11.4 Å². The lowest BCUT2D eigenvalue weighted by atomic mass is 10.2. The Morgan fingerprint density at radius 1 is 1.00 bits per heavy atom. The van der Waals surface area contributed by atoms with Gasteiger partial charge in [-0.15, -0.1) is 0 Å². The number of nitrogens with zero attached hydrogens (tertiary/aromatic N) is 6. The van der Waals surface area contributed by atoms with Gasteiger partial charge in [0.25, 0.3) is 0 Å². The molecule has 2 aromatic heterocycles. The number of piperazine rings is 1. The first kappa shape index (κ1) is 16.9. The molecule has 0 saturated carbocycles. The van der Waals surface area contributed by atoms with Gasteiger partial charge in [0.15, 0.2) is 5.82 Å². The first-order chi connectivity index (χ1) is 12.7. The summed E-state index contributed by atoms with van der Waals surface area (Å²) in [5.74, 6) is 2.65. The van der Waals surface area contributed by atoms with Crippen molar-refractivity contribution in [1.82, 2.24) is 30.1 Å². The van der Waals surface area contributed by atoms with E-state index in [1.807, 2.05) is 37.3 Å². The molecule has 0 amide bonds. The molecule has 1 fully saturated rings. The molecule has 1 aliphatic heterocycles. The second-order valence-electron chi connectivity index (χ2n) is 6.55. The molecule has 1 aromatic carbocycles. The van der Waals surface area contributed by atoms with Crippen LogP contribution in [-0.4, -0.2) is 56.3 Å². The van der Waals surface area contributed by atoms with Gasteiger partial charge in [-0.3, -0.25) is 9.80 Å². The van der Waals surface area contributed by atoms with Crippen LogP contribution < -0.4 is 0 Å². The van der Waals surface area contributed by atoms with Crippen molar-refractivity contribution in [2.45, 2.75) is 26.4 Å². The largest absolute Gasteiger partial charge is 0.338 e. The number of rotatable bonds is 5. The van der Waals surface area contributed by atoms with E-state index < -0.39 is 0 Å². The first-order valence-corrected chi connectivity index (χ1v) is 8.83. The zero-order valence-corrected chi connectivity index (χ0v) is 15.0. The predicted molar refractivity (Wildman–Crippen MR) is 94.0 cm³/mol. The van der Waals surface area contributed by atoms with Crippen molar-refractivity contribution in [1.29, 1.82) is 0 Å². The zero-order valence-electron chi connectivity index (χ0n) is 15.0. The van der Waals surface area contributed by atoms with Gasteiger partial charge in [-0.25, -0.2) is 0 Å². The maximum absolute atomic E-state index is 5.51. The van der Waals surface area contributed by atoms with Crippen LogP contribution in [0, 0.1) is 6.92 Å². The minimum absolute atomic E-state index is 0.0905. The molecule has 1 aliphatic rings. The van der Waals surface area contributed by atoms with Gasteiger partial charge in [0.05, 0.1) is 12.6 Å². The Balaban J connectivity index is 1.35. The minimum Gasteiger partial charge on any atom is -0.338 e. The lowest BCUT2D eigenvalue weighted by molar-refractivity contribution is 0.0785. The third-order valence-corrected chi connectivity index (χ3v) is 4.71. The lowest BCUT2D eigenvalue weighted by Crippen LogP contribution is -2.46. The van der Waals surface area contributed by atoms with Crippen molar-refractivity contribution in [2.75, 3.05) is 26.2 Å². The van der Waals surface area contributed by atoms with E-state index in [1.54, 1.807) is 0 Å². The summed E-state index contributed by atoms with van der Waals surface area (Å²) in [5.41, 5.74) is 0.967. The molecule has 0 N–H and O–H groups in total. The minimum atomic E-state index is 0.0905. The van der Waals surface area contributed by atoms with Gasteiger partial charge >= 0.3 is 0 Å². The standard InChI is InChI=1S/C18H22N6O2/c1-13(18-20-17(22-26-18)15-6-4-3-5-7-15)24-10-8-23(9-11-24)12-16-19-14(2)21-25-16/h3-7,13H,8-12H2,1-2H3. The Morgan fingerprint density at radius 3 is 2.46 bits per heavy atom. The van der Waals surface area contributed by atoms with E-state index in [0.29, 0.717) is 30.0 Å². The van der Waals surface area contributed by atoms with Crippen molar-refractivity contribution < 1.29 is 9.05 Å². The van der Waals surface area contributed by atoms with E-state index in [4.69, 9.17) is 9.05 Å². The topological polar surface area (TPSA) is 84.3 Å². The van der Waals surface area contributed by atoms with Crippen LogP contribution in [0.3, 0.4) is 0 Å². The molecule has 8 nitrogen and oxygen atoms in total. The van der Waals surface area contributed by atoms with Gasteiger partial charge in [0, 0.05) is 31.7 Å². The smallest absolute Gasteiger partial charge is 0.244 e. The summed E-state index contributed by atoms with van der Waals surface area (Å²) in [6, 6.07) is 9.97. The van der Waals surface area contributed by atoms with Crippen LogP contribution in [0.15, 0.2) is 39.4 Å². The Morgan fingerprint density at radius 2 is 1.77 bits per heavy atom. The zero-order chi connectivity index (χ0) is 17.9. The number of aryl methyl sites for hydroxylation is 1. The van der Waals surface area contributed by atoms with Crippen LogP contribution in [-0.2, 0) is 6.54 Å². The molecule has 3 heterocycles. The van der Waals surface area contributed by atoms with E-state index in [1.165, 1.54) is 0 Å². The first-order valence-electron chi connectivity index (χ1n) is 8.83. The number of hydrogen-bond donors (Lipinski definition) is 0. The van der Waals surface area contributed by atoms with Crippen molar-refractivity contribution in [3.05, 3.63) is 47.9 Å². The Bertz CT molecular complexity index is 838. The summed E-state index contributed by atoms with van der Waals surface area (Å²) in [6.07, 6.45) is 0. The molecule has 136 valence electrons. The van der Waals surface area contributed by atoms with E-state index in [9.17, 15) is 0 Å². The second kappa shape index (κ2) is 7.35. The summed E-state index contributed by atoms with van der Waals surface area (Å²) < 4.78 is 10.7. The normalized spacial score (nSPS) is 17.5. The molecule has 0 spiro atoms. The lowest BCUT2D eigenvalue weighted by Gasteiger charge is -2.36. The predicted octanol–water partition coefficient (Wildman–Crippen LogP) is 2.31. The number of benzene rings is 1. The van der Waals surface area contributed by atoms with Crippen molar-refractivity contribution in [2.24, 2.45) is 0 Å². The highest BCUT2D eigenvalue weighted by Gasteiger charge is 2.26. The van der Waals surface area contributed by atoms with Crippen LogP contribution in [0.4, 0.5) is 0 Å². The summed E-state index contributed by atoms with van der Waals surface area (Å²) in [6.45, 7) is 8.37. The average Bonchev–Trinajstić information content (AvgIpc) is 3.32. The van der Waals surface area contributed by atoms with Gasteiger partial charge in [0.2, 0.25) is 17.6 Å². The summed E-state index contributed by atoms with van der Waals surface area (Å²) >= 11 is 0. The second-order valence-corrected chi connectivity index (χ2v) is 6.55. The molecule has 26 heavy (non-hydrogen) atoms. The van der Waals surface area contributed by atoms with Crippen LogP contribution in [0.1, 0.15) is 30.6 Å². The van der Waals surface area contributed by atoms with Crippen LogP contribution in [0.25, 0.3) is 11.4 Å². The van der Waals surface area contributed by atoms with Crippen molar-refractivity contribution >= 4 is 0 Å². The summed E-state index contributed by atoms with van der Waals surface area (Å²) in [4.78, 5) is 13.5. The van der Waals surface area contributed by atoms with Gasteiger partial charge in [0.1, 0.15) is 0 Å². The summed E-state index contributed by atoms with van der Waals surface area (Å²) in [7, 11) is 0. The molecule has 1 saturated heterocycles. The highest BCUT2D eigenvalue weighted by Crippen LogP contribution is 2.23. The molecule has 1 unspecified atom stereocenters. The van der Waals surface area contributed by atoms with Gasteiger partial charge in [-0.1, -0.05) is 40.6 Å². The molecule has 8 heteroatoms. The van der Waals surface area contributed by atoms with Crippen LogP contribution in [0.2, 0.25) is 0 Å². The molecule has 0 radical (unpaired) electrons. The quantitative estimate of drug-likeness (QED) is 0.690.